The van der Waals surface area contributed by atoms with Crippen LogP contribution in [0.1, 0.15) is 40.3 Å². The molecule has 0 saturated carbocycles. The van der Waals surface area contributed by atoms with Gasteiger partial charge in [-0.05, 0) is 44.4 Å². The van der Waals surface area contributed by atoms with Crippen LogP contribution in [0.4, 0.5) is 0 Å². The summed E-state index contributed by atoms with van der Waals surface area (Å²) in [4.78, 5) is 27.1. The second kappa shape index (κ2) is 7.25. The molecule has 3 rings (SSSR count). The molecule has 0 fully saturated rings. The number of hydrogen-bond donors (Lipinski definition) is 3. The molecule has 0 radical (unpaired) electrons. The fourth-order valence-electron chi connectivity index (χ4n) is 2.89. The quantitative estimate of drug-likeness (QED) is 0.624. The van der Waals surface area contributed by atoms with E-state index < -0.39 is 0 Å². The maximum atomic E-state index is 12.0. The minimum atomic E-state index is -0.376. The largest absolute Gasteiger partial charge is 0.466 e. The van der Waals surface area contributed by atoms with Gasteiger partial charge in [0.05, 0.1) is 5.56 Å². The number of aromatic amines is 1. The molecule has 0 aliphatic heterocycles. The van der Waals surface area contributed by atoms with Gasteiger partial charge in [-0.25, -0.2) is 0 Å². The molecule has 0 aliphatic carbocycles. The zero-order valence-corrected chi connectivity index (χ0v) is 14.3. The third kappa shape index (κ3) is 3.91. The molecule has 130 valence electrons. The van der Waals surface area contributed by atoms with Crippen LogP contribution in [-0.2, 0) is 11.2 Å². The lowest BCUT2D eigenvalue weighted by Crippen LogP contribution is -2.41. The van der Waals surface area contributed by atoms with E-state index in [-0.39, 0.29) is 11.8 Å². The van der Waals surface area contributed by atoms with Gasteiger partial charge >= 0.3 is 0 Å². The first-order valence-electron chi connectivity index (χ1n) is 8.26. The van der Waals surface area contributed by atoms with E-state index >= 15 is 0 Å². The highest BCUT2D eigenvalue weighted by atomic mass is 16.3. The van der Waals surface area contributed by atoms with Crippen LogP contribution < -0.4 is 10.9 Å². The van der Waals surface area contributed by atoms with Crippen LogP contribution in [-0.4, -0.2) is 16.8 Å². The summed E-state index contributed by atoms with van der Waals surface area (Å²) >= 11 is 0. The number of amides is 2. The monoisotopic (exact) mass is 339 g/mol. The zero-order valence-electron chi connectivity index (χ0n) is 14.3. The third-order valence-electron chi connectivity index (χ3n) is 4.13. The molecule has 2 amide bonds. The van der Waals surface area contributed by atoms with Gasteiger partial charge in [0, 0.05) is 23.5 Å². The lowest BCUT2D eigenvalue weighted by atomic mass is 10.1. The molecule has 1 aromatic carbocycles. The number of nitrogens with one attached hydrogen (secondary N) is 3. The van der Waals surface area contributed by atoms with Crippen LogP contribution >= 0.6 is 0 Å². The van der Waals surface area contributed by atoms with Gasteiger partial charge in [-0.2, -0.15) is 0 Å². The zero-order chi connectivity index (χ0) is 17.8. The maximum Gasteiger partial charge on any atom is 0.273 e. The normalized spacial score (nSPS) is 10.8. The Balaban J connectivity index is 1.45. The SMILES string of the molecule is Cc1cc(C(=O)NNC(=O)CCCc2c[nH]c3ccccc23)c(C)o1. The lowest BCUT2D eigenvalue weighted by molar-refractivity contribution is -0.121. The van der Waals surface area contributed by atoms with E-state index in [4.69, 9.17) is 4.42 Å². The highest BCUT2D eigenvalue weighted by molar-refractivity contribution is 5.96. The van der Waals surface area contributed by atoms with Gasteiger partial charge in [0.25, 0.3) is 5.91 Å². The highest BCUT2D eigenvalue weighted by Gasteiger charge is 2.14. The number of H-pyrrole nitrogens is 1. The van der Waals surface area contributed by atoms with Gasteiger partial charge < -0.3 is 9.40 Å². The number of carbonyl (C=O) groups excluding carboxylic acids is 2. The molecule has 2 aromatic heterocycles. The number of aromatic nitrogens is 1. The molecule has 0 aliphatic rings. The molecule has 0 saturated heterocycles. The summed E-state index contributed by atoms with van der Waals surface area (Å²) in [6.07, 6.45) is 3.82. The Morgan fingerprint density at radius 2 is 1.96 bits per heavy atom. The number of furan rings is 1. The Bertz CT molecular complexity index is 908. The predicted octanol–water partition coefficient (Wildman–Crippen LogP) is 3.16. The van der Waals surface area contributed by atoms with Crippen LogP contribution in [0.5, 0.6) is 0 Å². The minimum absolute atomic E-state index is 0.217. The molecule has 0 unspecified atom stereocenters. The molecule has 0 bridgehead atoms. The first-order valence-corrected chi connectivity index (χ1v) is 8.26. The molecular weight excluding hydrogens is 318 g/mol. The summed E-state index contributed by atoms with van der Waals surface area (Å²) in [6.45, 7) is 3.48. The van der Waals surface area contributed by atoms with Crippen molar-refractivity contribution in [3.63, 3.8) is 0 Å². The molecule has 3 aromatic rings. The first-order chi connectivity index (χ1) is 12.0. The molecule has 25 heavy (non-hydrogen) atoms. The number of para-hydroxylation sites is 1. The van der Waals surface area contributed by atoms with E-state index in [1.807, 2.05) is 24.4 Å². The minimum Gasteiger partial charge on any atom is -0.466 e. The Labute approximate surface area is 145 Å². The first kappa shape index (κ1) is 16.8. The fraction of sp³-hybridized carbons (Fsp3) is 0.263. The Morgan fingerprint density at radius 1 is 1.16 bits per heavy atom. The Hall–Kier alpha value is -3.02. The van der Waals surface area contributed by atoms with Crippen LogP contribution in [0.3, 0.4) is 0 Å². The average molecular weight is 339 g/mol. The van der Waals surface area contributed by atoms with E-state index in [0.29, 0.717) is 29.9 Å². The summed E-state index contributed by atoms with van der Waals surface area (Å²) < 4.78 is 5.31. The van der Waals surface area contributed by atoms with Crippen molar-refractivity contribution in [2.75, 3.05) is 0 Å². The van der Waals surface area contributed by atoms with E-state index in [2.05, 4.69) is 21.9 Å². The number of fused-ring (bicyclic) bond motifs is 1. The Morgan fingerprint density at radius 3 is 2.72 bits per heavy atom. The van der Waals surface area contributed by atoms with E-state index in [0.717, 1.165) is 11.9 Å². The maximum absolute atomic E-state index is 12.0. The number of carbonyl (C=O) groups is 2. The summed E-state index contributed by atoms with van der Waals surface area (Å²) in [6, 6.07) is 9.73. The van der Waals surface area contributed by atoms with Crippen molar-refractivity contribution in [1.29, 1.82) is 0 Å². The average Bonchev–Trinajstić information content (AvgIpc) is 3.16. The van der Waals surface area contributed by atoms with Crippen molar-refractivity contribution in [3.8, 4) is 0 Å². The van der Waals surface area contributed by atoms with Crippen molar-refractivity contribution >= 4 is 22.7 Å². The third-order valence-corrected chi connectivity index (χ3v) is 4.13. The van der Waals surface area contributed by atoms with Crippen LogP contribution in [0.25, 0.3) is 10.9 Å². The molecule has 3 N–H and O–H groups in total. The predicted molar refractivity (Wildman–Crippen MR) is 95.0 cm³/mol. The van der Waals surface area contributed by atoms with Gasteiger partial charge in [0.1, 0.15) is 11.5 Å². The van der Waals surface area contributed by atoms with Crippen molar-refractivity contribution in [2.45, 2.75) is 33.1 Å². The molecule has 6 heteroatoms. The Kier molecular flexibility index (Phi) is 4.88. The molecular formula is C19H21N3O3. The molecule has 0 spiro atoms. The topological polar surface area (TPSA) is 87.1 Å². The molecule has 2 heterocycles. The van der Waals surface area contributed by atoms with E-state index in [9.17, 15) is 9.59 Å². The van der Waals surface area contributed by atoms with Gasteiger partial charge in [-0.15, -0.1) is 0 Å². The fourth-order valence-corrected chi connectivity index (χ4v) is 2.89. The summed E-state index contributed by atoms with van der Waals surface area (Å²) in [5.74, 6) is 0.599. The summed E-state index contributed by atoms with van der Waals surface area (Å²) in [5.41, 5.74) is 7.58. The number of benzene rings is 1. The van der Waals surface area contributed by atoms with E-state index in [1.54, 1.807) is 19.9 Å². The number of hydrazine groups is 1. The van der Waals surface area contributed by atoms with Crippen LogP contribution in [0.15, 0.2) is 40.9 Å². The second-order valence-electron chi connectivity index (χ2n) is 6.04. The van der Waals surface area contributed by atoms with E-state index in [1.165, 1.54) is 10.9 Å². The number of aryl methyl sites for hydroxylation is 3. The van der Waals surface area contributed by atoms with Gasteiger partial charge in [-0.3, -0.25) is 20.4 Å². The van der Waals surface area contributed by atoms with Gasteiger partial charge in [0.2, 0.25) is 5.91 Å². The summed E-state index contributed by atoms with van der Waals surface area (Å²) in [7, 11) is 0. The number of rotatable bonds is 5. The van der Waals surface area contributed by atoms with Gasteiger partial charge in [0.15, 0.2) is 0 Å². The van der Waals surface area contributed by atoms with Crippen LogP contribution in [0.2, 0.25) is 0 Å². The van der Waals surface area contributed by atoms with Crippen molar-refractivity contribution in [1.82, 2.24) is 15.8 Å². The standard InChI is InChI=1S/C19H21N3O3/c1-12-10-16(13(2)25-12)19(24)22-21-18(23)9-5-6-14-11-20-17-8-4-3-7-15(14)17/h3-4,7-8,10-11,20H,5-6,9H2,1-2H3,(H,21,23)(H,22,24). The lowest BCUT2D eigenvalue weighted by Gasteiger charge is -2.06. The van der Waals surface area contributed by atoms with Crippen molar-refractivity contribution in [2.24, 2.45) is 0 Å². The van der Waals surface area contributed by atoms with Gasteiger partial charge in [-0.1, -0.05) is 18.2 Å². The van der Waals surface area contributed by atoms with Crippen molar-refractivity contribution < 1.29 is 14.0 Å². The van der Waals surface area contributed by atoms with Crippen LogP contribution in [0, 0.1) is 13.8 Å². The second-order valence-corrected chi connectivity index (χ2v) is 6.04. The molecule has 0 atom stereocenters. The molecule has 6 nitrogen and oxygen atoms in total. The van der Waals surface area contributed by atoms with Crippen molar-refractivity contribution in [3.05, 3.63) is 59.2 Å². The smallest absolute Gasteiger partial charge is 0.273 e. The summed E-state index contributed by atoms with van der Waals surface area (Å²) in [5, 5.41) is 1.18. The number of hydrogen-bond acceptors (Lipinski definition) is 3. The highest BCUT2D eigenvalue weighted by Crippen LogP contribution is 2.19.